The Balaban J connectivity index is 2.38. The number of nitrogens with one attached hydrogen (secondary N) is 1. The fraction of sp³-hybridized carbons (Fsp3) is 0.214. The number of aromatic amines is 1. The number of halogens is 2. The topological polar surface area (TPSA) is 94.4 Å². The second-order valence-electron chi connectivity index (χ2n) is 4.46. The van der Waals surface area contributed by atoms with Crippen molar-refractivity contribution in [1.29, 1.82) is 0 Å². The largest absolute Gasteiger partial charge is 0.462 e. The summed E-state index contributed by atoms with van der Waals surface area (Å²) in [5.41, 5.74) is -0.888. The molecule has 0 aliphatic heterocycles. The van der Waals surface area contributed by atoms with E-state index >= 15 is 0 Å². The number of rotatable bonds is 4. The Morgan fingerprint density at radius 3 is 2.87 bits per heavy atom. The predicted molar refractivity (Wildman–Crippen MR) is 74.7 cm³/mol. The average molecular weight is 324 g/mol. The molecule has 2 heterocycles. The number of aromatic nitrogens is 2. The van der Waals surface area contributed by atoms with Crippen LogP contribution in [0, 0.1) is 0 Å². The van der Waals surface area contributed by atoms with Crippen LogP contribution in [-0.4, -0.2) is 29.4 Å². The van der Waals surface area contributed by atoms with Gasteiger partial charge in [-0.25, -0.2) is 9.89 Å². The van der Waals surface area contributed by atoms with Gasteiger partial charge in [-0.1, -0.05) is 0 Å². The second-order valence-corrected chi connectivity index (χ2v) is 4.46. The van der Waals surface area contributed by atoms with Gasteiger partial charge in [0.15, 0.2) is 11.3 Å². The number of carbonyl (C=O) groups excluding carboxylic acids is 1. The zero-order valence-corrected chi connectivity index (χ0v) is 11.8. The van der Waals surface area contributed by atoms with Crippen molar-refractivity contribution in [3.05, 3.63) is 34.2 Å². The summed E-state index contributed by atoms with van der Waals surface area (Å²) in [4.78, 5) is 23.8. The van der Waals surface area contributed by atoms with Crippen molar-refractivity contribution in [1.82, 2.24) is 10.2 Å². The Kier molecular flexibility index (Phi) is 3.68. The Hall–Kier alpha value is -2.97. The van der Waals surface area contributed by atoms with Crippen molar-refractivity contribution in [3.63, 3.8) is 0 Å². The predicted octanol–water partition coefficient (Wildman–Crippen LogP) is 2.45. The molecule has 3 aromatic rings. The van der Waals surface area contributed by atoms with E-state index in [-0.39, 0.29) is 39.9 Å². The lowest BCUT2D eigenvalue weighted by Crippen LogP contribution is -2.07. The van der Waals surface area contributed by atoms with Gasteiger partial charge in [0.1, 0.15) is 0 Å². The van der Waals surface area contributed by atoms with Gasteiger partial charge in [-0.3, -0.25) is 4.79 Å². The third-order valence-electron chi connectivity index (χ3n) is 3.12. The molecule has 0 aliphatic rings. The van der Waals surface area contributed by atoms with Gasteiger partial charge in [-0.2, -0.15) is 13.9 Å². The number of furan rings is 1. The molecule has 7 nitrogen and oxygen atoms in total. The number of esters is 1. The van der Waals surface area contributed by atoms with Gasteiger partial charge in [0.25, 0.3) is 0 Å². The van der Waals surface area contributed by atoms with Gasteiger partial charge in [0.2, 0.25) is 5.58 Å². The van der Waals surface area contributed by atoms with Crippen molar-refractivity contribution in [2.24, 2.45) is 0 Å². The van der Waals surface area contributed by atoms with Crippen molar-refractivity contribution >= 4 is 27.9 Å². The van der Waals surface area contributed by atoms with Gasteiger partial charge >= 0.3 is 18.1 Å². The van der Waals surface area contributed by atoms with E-state index in [2.05, 4.69) is 14.9 Å². The van der Waals surface area contributed by atoms with Gasteiger partial charge in [0.05, 0.1) is 23.8 Å². The van der Waals surface area contributed by atoms with Crippen molar-refractivity contribution in [2.45, 2.75) is 13.5 Å². The van der Waals surface area contributed by atoms with Crippen LogP contribution in [0.3, 0.4) is 0 Å². The molecule has 0 saturated carbocycles. The van der Waals surface area contributed by atoms with E-state index in [1.165, 1.54) is 12.3 Å². The highest BCUT2D eigenvalue weighted by molar-refractivity contribution is 6.16. The molecular formula is C14H10F2N2O5. The molecule has 1 N–H and O–H groups in total. The van der Waals surface area contributed by atoms with Crippen LogP contribution in [0.25, 0.3) is 21.9 Å². The monoisotopic (exact) mass is 324 g/mol. The first kappa shape index (κ1) is 14.9. The molecule has 0 spiro atoms. The van der Waals surface area contributed by atoms with E-state index in [4.69, 9.17) is 9.15 Å². The lowest BCUT2D eigenvalue weighted by molar-refractivity contribution is -0.0493. The first-order chi connectivity index (χ1) is 11.0. The minimum Gasteiger partial charge on any atom is -0.462 e. The third-order valence-corrected chi connectivity index (χ3v) is 3.12. The van der Waals surface area contributed by atoms with Crippen LogP contribution in [0.1, 0.15) is 17.3 Å². The smallest absolute Gasteiger partial charge is 0.387 e. The first-order valence-corrected chi connectivity index (χ1v) is 6.57. The van der Waals surface area contributed by atoms with Crippen LogP contribution in [0.2, 0.25) is 0 Å². The number of benzene rings is 1. The molecule has 23 heavy (non-hydrogen) atoms. The van der Waals surface area contributed by atoms with Crippen LogP contribution in [-0.2, 0) is 4.74 Å². The number of fused-ring (bicyclic) bond motifs is 3. The molecule has 0 aliphatic carbocycles. The van der Waals surface area contributed by atoms with E-state index in [0.29, 0.717) is 0 Å². The van der Waals surface area contributed by atoms with Crippen molar-refractivity contribution < 1.29 is 27.5 Å². The van der Waals surface area contributed by atoms with Gasteiger partial charge in [-0.05, 0) is 19.1 Å². The highest BCUT2D eigenvalue weighted by Crippen LogP contribution is 2.36. The highest BCUT2D eigenvalue weighted by Gasteiger charge is 2.23. The molecule has 2 aromatic heterocycles. The summed E-state index contributed by atoms with van der Waals surface area (Å²) in [5.74, 6) is -0.970. The van der Waals surface area contributed by atoms with Crippen LogP contribution >= 0.6 is 0 Å². The minimum absolute atomic E-state index is 0.0645. The maximum Gasteiger partial charge on any atom is 0.387 e. The van der Waals surface area contributed by atoms with Crippen LogP contribution in [0.4, 0.5) is 8.78 Å². The zero-order chi connectivity index (χ0) is 16.6. The minimum atomic E-state index is -3.09. The summed E-state index contributed by atoms with van der Waals surface area (Å²) in [6.07, 6.45) is 1.26. The lowest BCUT2D eigenvalue weighted by atomic mass is 10.1. The summed E-state index contributed by atoms with van der Waals surface area (Å²) >= 11 is 0. The molecular weight excluding hydrogens is 314 g/mol. The zero-order valence-electron chi connectivity index (χ0n) is 11.8. The van der Waals surface area contributed by atoms with Crippen LogP contribution in [0.15, 0.2) is 27.5 Å². The summed E-state index contributed by atoms with van der Waals surface area (Å²) < 4.78 is 39.7. The van der Waals surface area contributed by atoms with E-state index in [0.717, 1.165) is 6.07 Å². The molecule has 9 heteroatoms. The summed E-state index contributed by atoms with van der Waals surface area (Å²) in [6, 6.07) is 2.43. The van der Waals surface area contributed by atoms with Crippen molar-refractivity contribution in [3.8, 4) is 5.75 Å². The molecule has 0 fully saturated rings. The molecule has 1 aromatic carbocycles. The maximum atomic E-state index is 12.5. The van der Waals surface area contributed by atoms with E-state index in [1.807, 2.05) is 0 Å². The lowest BCUT2D eigenvalue weighted by Gasteiger charge is -2.07. The molecule has 0 unspecified atom stereocenters. The van der Waals surface area contributed by atoms with Crippen LogP contribution < -0.4 is 10.3 Å². The van der Waals surface area contributed by atoms with E-state index < -0.39 is 18.1 Å². The van der Waals surface area contributed by atoms with Gasteiger partial charge < -0.3 is 13.9 Å². The Morgan fingerprint density at radius 2 is 2.17 bits per heavy atom. The van der Waals surface area contributed by atoms with Gasteiger partial charge in [0, 0.05) is 5.39 Å². The number of H-pyrrole nitrogens is 1. The van der Waals surface area contributed by atoms with Crippen molar-refractivity contribution in [2.75, 3.05) is 6.61 Å². The van der Waals surface area contributed by atoms with Gasteiger partial charge in [-0.15, -0.1) is 0 Å². The summed E-state index contributed by atoms with van der Waals surface area (Å²) in [5, 5.41) is 6.13. The molecule has 0 bridgehead atoms. The highest BCUT2D eigenvalue weighted by atomic mass is 19.3. The molecule has 0 atom stereocenters. The normalized spacial score (nSPS) is 11.3. The number of hydrogen-bond acceptors (Lipinski definition) is 6. The maximum absolute atomic E-state index is 12.5. The fourth-order valence-corrected chi connectivity index (χ4v) is 2.27. The molecule has 0 saturated heterocycles. The molecule has 120 valence electrons. The Bertz CT molecular complexity index is 947. The fourth-order valence-electron chi connectivity index (χ4n) is 2.27. The molecule has 3 rings (SSSR count). The second kappa shape index (κ2) is 5.67. The number of alkyl halides is 2. The number of nitrogens with zero attached hydrogens (tertiary/aromatic N) is 1. The van der Waals surface area contributed by atoms with E-state index in [1.54, 1.807) is 6.92 Å². The van der Waals surface area contributed by atoms with E-state index in [9.17, 15) is 18.4 Å². The summed E-state index contributed by atoms with van der Waals surface area (Å²) in [6.45, 7) is -1.33. The average Bonchev–Trinajstić information content (AvgIpc) is 2.89. The third kappa shape index (κ3) is 2.50. The Morgan fingerprint density at radius 1 is 1.39 bits per heavy atom. The first-order valence-electron chi connectivity index (χ1n) is 6.57. The SMILES string of the molecule is CCOC(=O)c1ccc(OC(F)F)c2oc3c(=O)[nH]ncc3c12. The number of hydrogen-bond donors (Lipinski definition) is 1. The molecule has 0 amide bonds. The number of ether oxygens (including phenoxy) is 2. The molecule has 0 radical (unpaired) electrons. The number of carbonyl (C=O) groups is 1. The standard InChI is InChI=1S/C14H10F2N2O5/c1-2-21-13(20)6-3-4-8(22-14(15)16)11-9(6)7-5-17-18-12(19)10(7)23-11/h3-5,14H,2H2,1H3,(H,18,19). The Labute approximate surface area is 126 Å². The quantitative estimate of drug-likeness (QED) is 0.741. The summed E-state index contributed by atoms with van der Waals surface area (Å²) in [7, 11) is 0. The van der Waals surface area contributed by atoms with Crippen LogP contribution in [0.5, 0.6) is 5.75 Å².